The van der Waals surface area contributed by atoms with Crippen molar-refractivity contribution in [2.24, 2.45) is 0 Å². The molecule has 1 aliphatic rings. The Bertz CT molecular complexity index is 460. The van der Waals surface area contributed by atoms with Crippen LogP contribution in [0.4, 0.5) is 0 Å². The summed E-state index contributed by atoms with van der Waals surface area (Å²) in [6.07, 6.45) is 42.5. The number of hydrogen-bond acceptors (Lipinski definition) is 2. The largest absolute Gasteiger partial charge is 0.356 e. The van der Waals surface area contributed by atoms with Crippen LogP contribution in [0, 0.1) is 0 Å². The molecule has 1 rings (SSSR count). The van der Waals surface area contributed by atoms with Gasteiger partial charge in [0.25, 0.3) is 0 Å². The Kier molecular flexibility index (Phi) is 24.1. The topological polar surface area (TPSA) is 6.48 Å². The van der Waals surface area contributed by atoms with Gasteiger partial charge in [-0.1, -0.05) is 162 Å². The third-order valence-electron chi connectivity index (χ3n) is 8.32. The van der Waals surface area contributed by atoms with Crippen molar-refractivity contribution >= 4 is 0 Å². The van der Waals surface area contributed by atoms with Crippen LogP contribution < -0.4 is 0 Å². The quantitative estimate of drug-likeness (QED) is 0.0977. The molecule has 36 heavy (non-hydrogen) atoms. The van der Waals surface area contributed by atoms with E-state index >= 15 is 0 Å². The third kappa shape index (κ3) is 18.6. The zero-order valence-electron chi connectivity index (χ0n) is 25.4. The first-order chi connectivity index (χ1) is 17.8. The highest BCUT2D eigenvalue weighted by atomic mass is 15.4. The van der Waals surface area contributed by atoms with Gasteiger partial charge < -0.3 is 9.80 Å². The zero-order valence-corrected chi connectivity index (χ0v) is 25.4. The molecule has 0 saturated heterocycles. The number of rotatable bonds is 28. The lowest BCUT2D eigenvalue weighted by Gasteiger charge is -2.33. The second-order valence-electron chi connectivity index (χ2n) is 11.8. The van der Waals surface area contributed by atoms with Crippen LogP contribution in [0.15, 0.2) is 12.4 Å². The minimum absolute atomic E-state index is 0.642. The molecule has 2 nitrogen and oxygen atoms in total. The highest BCUT2D eigenvalue weighted by Crippen LogP contribution is 2.23. The molecule has 1 atom stereocenters. The second kappa shape index (κ2) is 26.0. The molecular formula is C34H68N2. The lowest BCUT2D eigenvalue weighted by Crippen LogP contribution is -2.39. The minimum atomic E-state index is 0.642. The fraction of sp³-hybridized carbons (Fsp3) is 0.941. The van der Waals surface area contributed by atoms with Crippen molar-refractivity contribution in [2.45, 2.75) is 194 Å². The van der Waals surface area contributed by atoms with Gasteiger partial charge in [0.2, 0.25) is 0 Å². The van der Waals surface area contributed by atoms with Gasteiger partial charge in [-0.05, 0) is 25.7 Å². The maximum Gasteiger partial charge on any atom is 0.101 e. The molecule has 1 heterocycles. The molecule has 0 amide bonds. The van der Waals surface area contributed by atoms with Crippen molar-refractivity contribution in [3.05, 3.63) is 12.4 Å². The second-order valence-corrected chi connectivity index (χ2v) is 11.8. The Balaban J connectivity index is 2.09. The van der Waals surface area contributed by atoms with Gasteiger partial charge in [-0.25, -0.2) is 0 Å². The summed E-state index contributed by atoms with van der Waals surface area (Å²) in [5.74, 6) is 0. The first kappa shape index (κ1) is 33.4. The van der Waals surface area contributed by atoms with Crippen LogP contribution in [0.2, 0.25) is 0 Å². The molecule has 0 spiro atoms. The fourth-order valence-electron chi connectivity index (χ4n) is 5.83. The highest BCUT2D eigenvalue weighted by Gasteiger charge is 2.24. The van der Waals surface area contributed by atoms with Crippen LogP contribution >= 0.6 is 0 Å². The van der Waals surface area contributed by atoms with Gasteiger partial charge in [-0.3, -0.25) is 0 Å². The molecule has 0 aliphatic carbocycles. The van der Waals surface area contributed by atoms with E-state index in [2.05, 4.69) is 43.0 Å². The van der Waals surface area contributed by atoms with Gasteiger partial charge in [-0.15, -0.1) is 0 Å². The van der Waals surface area contributed by atoms with Crippen LogP contribution in [0.5, 0.6) is 0 Å². The van der Waals surface area contributed by atoms with Gasteiger partial charge in [0.05, 0.1) is 0 Å². The Morgan fingerprint density at radius 3 is 0.972 bits per heavy atom. The van der Waals surface area contributed by atoms with E-state index in [1.165, 1.54) is 180 Å². The summed E-state index contributed by atoms with van der Waals surface area (Å²) in [7, 11) is 0. The van der Waals surface area contributed by atoms with Crippen molar-refractivity contribution in [1.29, 1.82) is 0 Å². The highest BCUT2D eigenvalue weighted by molar-refractivity contribution is 4.97. The summed E-state index contributed by atoms with van der Waals surface area (Å²) in [5.41, 5.74) is 0. The van der Waals surface area contributed by atoms with E-state index in [-0.39, 0.29) is 0 Å². The van der Waals surface area contributed by atoms with Crippen molar-refractivity contribution in [3.8, 4) is 0 Å². The molecule has 0 aromatic carbocycles. The first-order valence-electron chi connectivity index (χ1n) is 17.0. The summed E-state index contributed by atoms with van der Waals surface area (Å²) in [4.78, 5) is 5.36. The lowest BCUT2D eigenvalue weighted by molar-refractivity contribution is 0.135. The van der Waals surface area contributed by atoms with E-state index in [0.29, 0.717) is 6.17 Å². The summed E-state index contributed by atoms with van der Waals surface area (Å²) < 4.78 is 0. The summed E-state index contributed by atoms with van der Waals surface area (Å²) in [5, 5.41) is 0. The molecule has 0 N–H and O–H groups in total. The Morgan fingerprint density at radius 1 is 0.361 bits per heavy atom. The van der Waals surface area contributed by atoms with Crippen LogP contribution in [0.3, 0.4) is 0 Å². The van der Waals surface area contributed by atoms with E-state index in [1.54, 1.807) is 0 Å². The number of unbranched alkanes of at least 4 members (excludes halogenated alkanes) is 22. The summed E-state index contributed by atoms with van der Waals surface area (Å²) in [6.45, 7) is 9.47. The number of nitrogens with zero attached hydrogens (tertiary/aromatic N) is 2. The van der Waals surface area contributed by atoms with E-state index in [4.69, 9.17) is 0 Å². The maximum absolute atomic E-state index is 2.68. The molecule has 1 unspecified atom stereocenters. The molecule has 0 saturated carbocycles. The van der Waals surface area contributed by atoms with E-state index in [0.717, 1.165) is 0 Å². The molecule has 0 aromatic heterocycles. The minimum Gasteiger partial charge on any atom is -0.356 e. The maximum atomic E-state index is 2.68. The molecule has 0 radical (unpaired) electrons. The predicted molar refractivity (Wildman–Crippen MR) is 163 cm³/mol. The fourth-order valence-corrected chi connectivity index (χ4v) is 5.83. The number of hydrogen-bond donors (Lipinski definition) is 0. The summed E-state index contributed by atoms with van der Waals surface area (Å²) in [6, 6.07) is 0. The van der Waals surface area contributed by atoms with Gasteiger partial charge in [-0.2, -0.15) is 0 Å². The molecule has 0 fully saturated rings. The van der Waals surface area contributed by atoms with Crippen LogP contribution in [0.1, 0.15) is 188 Å². The average molecular weight is 505 g/mol. The van der Waals surface area contributed by atoms with Crippen molar-refractivity contribution in [3.63, 3.8) is 0 Å². The molecule has 0 aromatic rings. The smallest absolute Gasteiger partial charge is 0.101 e. The average Bonchev–Trinajstić information content (AvgIpc) is 3.27. The zero-order chi connectivity index (χ0) is 25.9. The molecular weight excluding hydrogens is 436 g/mol. The first-order valence-corrected chi connectivity index (χ1v) is 17.0. The van der Waals surface area contributed by atoms with E-state index < -0.39 is 0 Å². The van der Waals surface area contributed by atoms with E-state index in [9.17, 15) is 0 Å². The van der Waals surface area contributed by atoms with Crippen molar-refractivity contribution < 1.29 is 0 Å². The predicted octanol–water partition coefficient (Wildman–Crippen LogP) is 11.6. The van der Waals surface area contributed by atoms with Crippen molar-refractivity contribution in [1.82, 2.24) is 9.80 Å². The Morgan fingerprint density at radius 2 is 0.639 bits per heavy atom. The lowest BCUT2D eigenvalue weighted by atomic mass is 10.0. The normalized spacial score (nSPS) is 15.5. The van der Waals surface area contributed by atoms with Gasteiger partial charge in [0, 0.05) is 25.5 Å². The van der Waals surface area contributed by atoms with Gasteiger partial charge in [0.1, 0.15) is 6.17 Å². The molecule has 1 aliphatic heterocycles. The molecule has 214 valence electrons. The summed E-state index contributed by atoms with van der Waals surface area (Å²) >= 11 is 0. The monoisotopic (exact) mass is 505 g/mol. The van der Waals surface area contributed by atoms with E-state index in [1.807, 2.05) is 0 Å². The standard InChI is InChI=1S/C34H68N2/c1-4-7-10-12-14-16-17-18-19-21-23-25-28-31-36-33-32-35(34(36)29-26-9-6-3)30-27-24-22-20-15-13-11-8-5-2/h32-34H,4-31H2,1-3H3. The Labute approximate surface area is 229 Å². The SMILES string of the molecule is CCCCCCCCCCCCCCCN1C=CN(CCCCCCCCCCC)C1CCCCC. The molecule has 2 heteroatoms. The Hall–Kier alpha value is -0.660. The third-order valence-corrected chi connectivity index (χ3v) is 8.32. The van der Waals surface area contributed by atoms with Crippen molar-refractivity contribution in [2.75, 3.05) is 13.1 Å². The van der Waals surface area contributed by atoms with Crippen LogP contribution in [0.25, 0.3) is 0 Å². The van der Waals surface area contributed by atoms with Crippen LogP contribution in [-0.2, 0) is 0 Å². The van der Waals surface area contributed by atoms with Gasteiger partial charge >= 0.3 is 0 Å². The molecule has 0 bridgehead atoms. The van der Waals surface area contributed by atoms with Gasteiger partial charge in [0.15, 0.2) is 0 Å². The van der Waals surface area contributed by atoms with Crippen LogP contribution in [-0.4, -0.2) is 29.1 Å².